The number of rotatable bonds is 9. The van der Waals surface area contributed by atoms with Crippen LogP contribution in [0, 0.1) is 19.8 Å². The average molecular weight is 542 g/mol. The van der Waals surface area contributed by atoms with Crippen molar-refractivity contribution in [3.8, 4) is 5.75 Å². The Morgan fingerprint density at radius 1 is 1.11 bits per heavy atom. The van der Waals surface area contributed by atoms with Crippen LogP contribution in [0.1, 0.15) is 56.8 Å². The van der Waals surface area contributed by atoms with E-state index in [0.717, 1.165) is 23.1 Å². The van der Waals surface area contributed by atoms with Crippen LogP contribution in [0.4, 0.5) is 10.5 Å². The standard InChI is InChI=1S/C29H39N3O5S/c1-17-8-13-22(18(2)14-17)25(26(33)30-20-9-11-21(36-7)12-10-20)32(24-15-19(24)3)27(34)23(16-38)31-28(35)37-29(4,5)6/h8-14,19,23-25,38H,15-16H2,1-7H3,(H,30,33)(H,31,35). The van der Waals surface area contributed by atoms with E-state index in [2.05, 4.69) is 23.3 Å². The van der Waals surface area contributed by atoms with Gasteiger partial charge in [0, 0.05) is 17.5 Å². The van der Waals surface area contributed by atoms with Gasteiger partial charge in [-0.15, -0.1) is 0 Å². The van der Waals surface area contributed by atoms with Crippen molar-refractivity contribution in [3.05, 3.63) is 59.2 Å². The Morgan fingerprint density at radius 3 is 2.24 bits per heavy atom. The maximum absolute atomic E-state index is 14.0. The summed E-state index contributed by atoms with van der Waals surface area (Å²) in [5, 5.41) is 5.63. The zero-order valence-electron chi connectivity index (χ0n) is 23.2. The number of aryl methyl sites for hydroxylation is 2. The molecule has 4 unspecified atom stereocenters. The van der Waals surface area contributed by atoms with E-state index >= 15 is 0 Å². The molecule has 4 atom stereocenters. The van der Waals surface area contributed by atoms with E-state index in [0.29, 0.717) is 11.4 Å². The summed E-state index contributed by atoms with van der Waals surface area (Å²) in [5.74, 6) is 0.209. The van der Waals surface area contributed by atoms with Crippen LogP contribution in [0.5, 0.6) is 5.75 Å². The highest BCUT2D eigenvalue weighted by Crippen LogP contribution is 2.41. The second-order valence-corrected chi connectivity index (χ2v) is 11.3. The first-order valence-electron chi connectivity index (χ1n) is 12.8. The molecular formula is C29H39N3O5S. The molecule has 0 saturated heterocycles. The molecule has 1 aliphatic rings. The van der Waals surface area contributed by atoms with Crippen LogP contribution < -0.4 is 15.4 Å². The summed E-state index contributed by atoms with van der Waals surface area (Å²) >= 11 is 4.36. The van der Waals surface area contributed by atoms with Crippen molar-refractivity contribution in [1.29, 1.82) is 0 Å². The fourth-order valence-electron chi connectivity index (χ4n) is 4.42. The summed E-state index contributed by atoms with van der Waals surface area (Å²) in [4.78, 5) is 42.1. The third kappa shape index (κ3) is 7.43. The van der Waals surface area contributed by atoms with Gasteiger partial charge in [0.05, 0.1) is 7.11 Å². The number of carbonyl (C=O) groups excluding carboxylic acids is 3. The Kier molecular flexibility index (Phi) is 9.35. The number of amides is 3. The Balaban J connectivity index is 2.00. The number of ether oxygens (including phenoxy) is 2. The maximum Gasteiger partial charge on any atom is 0.408 e. The number of hydrogen-bond donors (Lipinski definition) is 3. The minimum absolute atomic E-state index is 0.0510. The van der Waals surface area contributed by atoms with Crippen LogP contribution in [0.3, 0.4) is 0 Å². The van der Waals surface area contributed by atoms with Crippen molar-refractivity contribution < 1.29 is 23.9 Å². The lowest BCUT2D eigenvalue weighted by Crippen LogP contribution is -2.54. The predicted octanol–water partition coefficient (Wildman–Crippen LogP) is 5.05. The molecule has 9 heteroatoms. The smallest absolute Gasteiger partial charge is 0.408 e. The summed E-state index contributed by atoms with van der Waals surface area (Å²) in [7, 11) is 1.58. The van der Waals surface area contributed by atoms with Crippen LogP contribution in [0.25, 0.3) is 0 Å². The van der Waals surface area contributed by atoms with Gasteiger partial charge in [-0.25, -0.2) is 4.79 Å². The van der Waals surface area contributed by atoms with Gasteiger partial charge in [0.25, 0.3) is 5.91 Å². The molecule has 0 aliphatic heterocycles. The summed E-state index contributed by atoms with van der Waals surface area (Å²) in [6.45, 7) is 11.2. The first-order chi connectivity index (χ1) is 17.8. The average Bonchev–Trinajstić information content (AvgIpc) is 3.56. The molecule has 8 nitrogen and oxygen atoms in total. The molecular weight excluding hydrogens is 502 g/mol. The van der Waals surface area contributed by atoms with Gasteiger partial charge in [-0.05, 0) is 82.3 Å². The van der Waals surface area contributed by atoms with E-state index in [4.69, 9.17) is 9.47 Å². The number of nitrogens with one attached hydrogen (secondary N) is 2. The monoisotopic (exact) mass is 541 g/mol. The highest BCUT2D eigenvalue weighted by molar-refractivity contribution is 7.80. The fourth-order valence-corrected chi connectivity index (χ4v) is 4.67. The van der Waals surface area contributed by atoms with Gasteiger partial charge >= 0.3 is 6.09 Å². The van der Waals surface area contributed by atoms with Gasteiger partial charge < -0.3 is 25.0 Å². The number of nitrogens with zero attached hydrogens (tertiary/aromatic N) is 1. The van der Waals surface area contributed by atoms with Gasteiger partial charge in [0.2, 0.25) is 5.91 Å². The van der Waals surface area contributed by atoms with E-state index in [-0.39, 0.29) is 29.5 Å². The lowest BCUT2D eigenvalue weighted by Gasteiger charge is -2.35. The third-order valence-corrected chi connectivity index (χ3v) is 6.82. The zero-order valence-corrected chi connectivity index (χ0v) is 24.1. The van der Waals surface area contributed by atoms with Crippen LogP contribution in [-0.4, -0.2) is 53.4 Å². The molecule has 38 heavy (non-hydrogen) atoms. The third-order valence-electron chi connectivity index (χ3n) is 6.45. The molecule has 0 spiro atoms. The molecule has 3 amide bonds. The predicted molar refractivity (Wildman–Crippen MR) is 152 cm³/mol. The lowest BCUT2D eigenvalue weighted by molar-refractivity contribution is -0.141. The van der Waals surface area contributed by atoms with Crippen molar-refractivity contribution in [2.75, 3.05) is 18.2 Å². The van der Waals surface area contributed by atoms with Crippen molar-refractivity contribution in [1.82, 2.24) is 10.2 Å². The normalized spacial score (nSPS) is 18.1. The van der Waals surface area contributed by atoms with Gasteiger partial charge in [-0.2, -0.15) is 12.6 Å². The molecule has 206 valence electrons. The molecule has 0 heterocycles. The molecule has 0 bridgehead atoms. The molecule has 2 N–H and O–H groups in total. The van der Waals surface area contributed by atoms with E-state index in [1.807, 2.05) is 39.0 Å². The summed E-state index contributed by atoms with van der Waals surface area (Å²) < 4.78 is 10.6. The van der Waals surface area contributed by atoms with Crippen LogP contribution >= 0.6 is 12.6 Å². The largest absolute Gasteiger partial charge is 0.497 e. The van der Waals surface area contributed by atoms with Gasteiger partial charge in [0.1, 0.15) is 23.4 Å². The van der Waals surface area contributed by atoms with E-state index in [1.54, 1.807) is 57.0 Å². The molecule has 1 fully saturated rings. The minimum atomic E-state index is -0.969. The topological polar surface area (TPSA) is 97.0 Å². The van der Waals surface area contributed by atoms with E-state index < -0.39 is 23.8 Å². The first-order valence-corrected chi connectivity index (χ1v) is 13.4. The van der Waals surface area contributed by atoms with Gasteiger partial charge in [-0.3, -0.25) is 9.59 Å². The van der Waals surface area contributed by atoms with Gasteiger partial charge in [0.15, 0.2) is 0 Å². The molecule has 2 aromatic carbocycles. The van der Waals surface area contributed by atoms with Crippen LogP contribution in [0.2, 0.25) is 0 Å². The fraction of sp³-hybridized carbons (Fsp3) is 0.483. The quantitative estimate of drug-likeness (QED) is 0.386. The Bertz CT molecular complexity index is 1160. The number of hydrogen-bond acceptors (Lipinski definition) is 6. The molecule has 1 aliphatic carbocycles. The van der Waals surface area contributed by atoms with E-state index in [9.17, 15) is 14.4 Å². The zero-order chi connectivity index (χ0) is 28.2. The Morgan fingerprint density at radius 2 is 1.74 bits per heavy atom. The molecule has 3 rings (SSSR count). The highest BCUT2D eigenvalue weighted by atomic mass is 32.1. The second-order valence-electron chi connectivity index (χ2n) is 10.9. The summed E-state index contributed by atoms with van der Waals surface area (Å²) in [6, 6.07) is 10.8. The lowest BCUT2D eigenvalue weighted by atomic mass is 9.96. The Labute approximate surface area is 230 Å². The molecule has 0 radical (unpaired) electrons. The van der Waals surface area contributed by atoms with Crippen LogP contribution in [0.15, 0.2) is 42.5 Å². The van der Waals surface area contributed by atoms with Crippen molar-refractivity contribution >= 4 is 36.2 Å². The van der Waals surface area contributed by atoms with Crippen molar-refractivity contribution in [2.24, 2.45) is 5.92 Å². The first kappa shape index (κ1) is 29.4. The maximum atomic E-state index is 14.0. The summed E-state index contributed by atoms with van der Waals surface area (Å²) in [5.41, 5.74) is 2.54. The molecule has 1 saturated carbocycles. The molecule has 0 aromatic heterocycles. The van der Waals surface area contributed by atoms with E-state index in [1.165, 1.54) is 0 Å². The highest BCUT2D eigenvalue weighted by Gasteiger charge is 2.48. The summed E-state index contributed by atoms with van der Waals surface area (Å²) in [6.07, 6.45) is 0.0498. The number of carbonyl (C=O) groups is 3. The number of alkyl carbamates (subject to hydrolysis) is 1. The van der Waals surface area contributed by atoms with Crippen molar-refractivity contribution in [2.45, 2.75) is 71.7 Å². The Hall–Kier alpha value is -3.20. The minimum Gasteiger partial charge on any atom is -0.497 e. The number of methoxy groups -OCH3 is 1. The van der Waals surface area contributed by atoms with Crippen molar-refractivity contribution in [3.63, 3.8) is 0 Å². The number of anilines is 1. The number of thiol groups is 1. The second kappa shape index (κ2) is 12.1. The van der Waals surface area contributed by atoms with Gasteiger partial charge in [-0.1, -0.05) is 30.7 Å². The molecule has 2 aromatic rings. The van der Waals surface area contributed by atoms with Crippen LogP contribution in [-0.2, 0) is 14.3 Å². The SMILES string of the molecule is COc1ccc(NC(=O)C(c2ccc(C)cc2C)N(C(=O)C(CS)NC(=O)OC(C)(C)C)C2CC2C)cc1. The number of benzene rings is 2.